The van der Waals surface area contributed by atoms with Crippen LogP contribution in [0.15, 0.2) is 11.6 Å². The van der Waals surface area contributed by atoms with Gasteiger partial charge in [0.15, 0.2) is 5.72 Å². The lowest BCUT2D eigenvalue weighted by Crippen LogP contribution is -2.60. The average molecular weight is 308 g/mol. The molecule has 21 heavy (non-hydrogen) atoms. The van der Waals surface area contributed by atoms with Crippen molar-refractivity contribution in [2.24, 2.45) is 0 Å². The number of likely N-dealkylation sites (tertiary alicyclic amines) is 1. The van der Waals surface area contributed by atoms with Gasteiger partial charge in [-0.3, -0.25) is 14.5 Å². The van der Waals surface area contributed by atoms with E-state index in [0.29, 0.717) is 0 Å². The number of carboxylic acids is 1. The Labute approximate surface area is 118 Å². The highest BCUT2D eigenvalue weighted by molar-refractivity contribution is 5.92. The summed E-state index contributed by atoms with van der Waals surface area (Å²) in [6.07, 6.45) is -3.99. The highest BCUT2D eigenvalue weighted by Gasteiger charge is 2.54. The summed E-state index contributed by atoms with van der Waals surface area (Å²) >= 11 is 0. The molecule has 1 saturated heterocycles. The summed E-state index contributed by atoms with van der Waals surface area (Å²) in [5.41, 5.74) is -1.49. The first-order chi connectivity index (χ1) is 9.61. The van der Waals surface area contributed by atoms with Crippen LogP contribution in [0, 0.1) is 0 Å². The van der Waals surface area contributed by atoms with Gasteiger partial charge >= 0.3 is 12.1 Å². The molecule has 2 heterocycles. The predicted molar refractivity (Wildman–Crippen MR) is 64.1 cm³/mol. The number of aliphatic carboxylic acids is 1. The third kappa shape index (κ3) is 2.51. The van der Waals surface area contributed by atoms with E-state index >= 15 is 0 Å². The number of nitrogens with zero attached hydrogens (tertiary/aromatic N) is 2. The van der Waals surface area contributed by atoms with Crippen LogP contribution in [-0.2, 0) is 9.59 Å². The summed E-state index contributed by atoms with van der Waals surface area (Å²) in [7, 11) is 0. The Balaban J connectivity index is 2.26. The number of rotatable bonds is 3. The van der Waals surface area contributed by atoms with E-state index in [-0.39, 0.29) is 25.1 Å². The number of aliphatic hydroxyl groups is 1. The molecule has 0 aromatic carbocycles. The van der Waals surface area contributed by atoms with Crippen molar-refractivity contribution in [3.8, 4) is 0 Å². The van der Waals surface area contributed by atoms with Gasteiger partial charge in [0.1, 0.15) is 0 Å². The van der Waals surface area contributed by atoms with Crippen LogP contribution in [0.5, 0.6) is 0 Å². The van der Waals surface area contributed by atoms with Gasteiger partial charge < -0.3 is 15.1 Å². The first-order valence-corrected chi connectivity index (χ1v) is 6.40. The Bertz CT molecular complexity index is 505. The Morgan fingerprint density at radius 1 is 1.52 bits per heavy atom. The molecule has 1 amide bonds. The zero-order chi connectivity index (χ0) is 16.0. The number of carboxylic acid groups (broad SMARTS) is 1. The fourth-order valence-electron chi connectivity index (χ4n) is 2.90. The van der Waals surface area contributed by atoms with Crippen molar-refractivity contribution in [3.63, 3.8) is 0 Å². The number of piperidine rings is 1. The number of hydrogen-bond donors (Lipinski definition) is 2. The maximum Gasteiger partial charge on any atom is 0.414 e. The molecule has 0 aromatic heterocycles. The predicted octanol–water partition coefficient (Wildman–Crippen LogP) is 0.185. The molecule has 2 atom stereocenters. The van der Waals surface area contributed by atoms with E-state index in [1.807, 2.05) is 0 Å². The van der Waals surface area contributed by atoms with Gasteiger partial charge in [-0.2, -0.15) is 13.2 Å². The fraction of sp³-hybridized carbons (Fsp3) is 0.667. The number of likely N-dealkylation sites (N-methyl/N-ethyl adjacent to an activating group) is 1. The maximum atomic E-state index is 12.8. The first kappa shape index (κ1) is 15.8. The Kier molecular flexibility index (Phi) is 3.75. The minimum absolute atomic E-state index is 0.108. The number of carbonyl (C=O) groups is 2. The number of fused-ring (bicyclic) bond motifs is 1. The van der Waals surface area contributed by atoms with Gasteiger partial charge in [0.05, 0.1) is 0 Å². The summed E-state index contributed by atoms with van der Waals surface area (Å²) in [6, 6.07) is -2.64. The second-order valence-corrected chi connectivity index (χ2v) is 5.07. The van der Waals surface area contributed by atoms with E-state index < -0.39 is 36.4 Å². The second kappa shape index (κ2) is 4.99. The number of halogens is 3. The van der Waals surface area contributed by atoms with Gasteiger partial charge in [-0.15, -0.1) is 0 Å². The fourth-order valence-corrected chi connectivity index (χ4v) is 2.90. The minimum atomic E-state index is -4.92. The topological polar surface area (TPSA) is 81.1 Å². The lowest BCUT2D eigenvalue weighted by Gasteiger charge is -2.44. The molecule has 2 N–H and O–H groups in total. The summed E-state index contributed by atoms with van der Waals surface area (Å²) in [6.45, 7) is 1.19. The zero-order valence-corrected chi connectivity index (χ0v) is 11.2. The van der Waals surface area contributed by atoms with E-state index in [1.54, 1.807) is 6.92 Å². The molecule has 1 fully saturated rings. The molecule has 6 nitrogen and oxygen atoms in total. The first-order valence-electron chi connectivity index (χ1n) is 6.40. The third-order valence-electron chi connectivity index (χ3n) is 3.87. The highest BCUT2D eigenvalue weighted by atomic mass is 19.4. The quantitative estimate of drug-likeness (QED) is 0.777. The molecule has 0 aromatic rings. The van der Waals surface area contributed by atoms with Gasteiger partial charge in [-0.1, -0.05) is 0 Å². The number of alkyl halides is 3. The monoisotopic (exact) mass is 308 g/mol. The minimum Gasteiger partial charge on any atom is -0.480 e. The summed E-state index contributed by atoms with van der Waals surface area (Å²) in [5, 5.41) is 19.3. The smallest absolute Gasteiger partial charge is 0.414 e. The van der Waals surface area contributed by atoms with E-state index in [9.17, 15) is 27.9 Å². The highest BCUT2D eigenvalue weighted by Crippen LogP contribution is 2.38. The molecule has 2 aliphatic heterocycles. The van der Waals surface area contributed by atoms with Crippen LogP contribution in [0.1, 0.15) is 13.3 Å². The molecule has 2 aliphatic rings. The van der Waals surface area contributed by atoms with Gasteiger partial charge in [0, 0.05) is 37.7 Å². The van der Waals surface area contributed by atoms with Gasteiger partial charge in [0.2, 0.25) is 11.9 Å². The van der Waals surface area contributed by atoms with Crippen LogP contribution in [0.2, 0.25) is 0 Å². The van der Waals surface area contributed by atoms with Gasteiger partial charge in [-0.25, -0.2) is 0 Å². The molecule has 0 aliphatic carbocycles. The Hall–Kier alpha value is -1.61. The SMILES string of the molecule is CCN1C(=O)C=C2CN(C(C(=O)O)C(F)(F)F)CC[C@@]21O. The number of carbonyl (C=O) groups excluding carboxylic acids is 1. The summed E-state index contributed by atoms with van der Waals surface area (Å²) < 4.78 is 38.5. The lowest BCUT2D eigenvalue weighted by atomic mass is 9.94. The van der Waals surface area contributed by atoms with Crippen molar-refractivity contribution in [2.45, 2.75) is 31.3 Å². The van der Waals surface area contributed by atoms with Crippen LogP contribution in [-0.4, -0.2) is 69.5 Å². The van der Waals surface area contributed by atoms with Gasteiger partial charge in [0.25, 0.3) is 0 Å². The molecule has 0 saturated carbocycles. The summed E-state index contributed by atoms with van der Waals surface area (Å²) in [5.74, 6) is -2.47. The molecule has 0 radical (unpaired) electrons. The lowest BCUT2D eigenvalue weighted by molar-refractivity contribution is -0.205. The third-order valence-corrected chi connectivity index (χ3v) is 3.87. The van der Waals surface area contributed by atoms with Crippen molar-refractivity contribution >= 4 is 11.9 Å². The summed E-state index contributed by atoms with van der Waals surface area (Å²) in [4.78, 5) is 24.5. The van der Waals surface area contributed by atoms with E-state index in [1.165, 1.54) is 4.90 Å². The second-order valence-electron chi connectivity index (χ2n) is 5.07. The van der Waals surface area contributed by atoms with Crippen LogP contribution in [0.4, 0.5) is 13.2 Å². The molecule has 0 bridgehead atoms. The van der Waals surface area contributed by atoms with Crippen molar-refractivity contribution in [3.05, 3.63) is 11.6 Å². The van der Waals surface area contributed by atoms with E-state index in [0.717, 1.165) is 11.0 Å². The van der Waals surface area contributed by atoms with Gasteiger partial charge in [-0.05, 0) is 6.92 Å². The van der Waals surface area contributed by atoms with Crippen LogP contribution >= 0.6 is 0 Å². The molecule has 0 spiro atoms. The number of amides is 1. The van der Waals surface area contributed by atoms with Crippen LogP contribution < -0.4 is 0 Å². The molecule has 2 rings (SSSR count). The van der Waals surface area contributed by atoms with E-state index in [4.69, 9.17) is 5.11 Å². The average Bonchev–Trinajstić information content (AvgIpc) is 2.56. The molecular formula is C12H15F3N2O4. The molecular weight excluding hydrogens is 293 g/mol. The Morgan fingerprint density at radius 3 is 2.62 bits per heavy atom. The van der Waals surface area contributed by atoms with Crippen molar-refractivity contribution in [2.75, 3.05) is 19.6 Å². The van der Waals surface area contributed by atoms with E-state index in [2.05, 4.69) is 0 Å². The van der Waals surface area contributed by atoms with Crippen molar-refractivity contribution in [1.29, 1.82) is 0 Å². The molecule has 9 heteroatoms. The molecule has 118 valence electrons. The van der Waals surface area contributed by atoms with Crippen LogP contribution in [0.25, 0.3) is 0 Å². The number of hydrogen-bond acceptors (Lipinski definition) is 4. The maximum absolute atomic E-state index is 12.8. The van der Waals surface area contributed by atoms with Crippen molar-refractivity contribution in [1.82, 2.24) is 9.80 Å². The van der Waals surface area contributed by atoms with Crippen LogP contribution in [0.3, 0.4) is 0 Å². The standard InChI is InChI=1S/C12H15F3N2O4/c1-2-17-8(18)5-7-6-16(4-3-11(7,17)21)9(10(19)20)12(13,14)15/h5,9,21H,2-4,6H2,1H3,(H,19,20)/t9?,11-/m1/s1. The van der Waals surface area contributed by atoms with Crippen molar-refractivity contribution < 1.29 is 33.0 Å². The largest absolute Gasteiger partial charge is 0.480 e. The normalized spacial score (nSPS) is 28.3. The Morgan fingerprint density at radius 2 is 2.14 bits per heavy atom. The molecule has 1 unspecified atom stereocenters. The zero-order valence-electron chi connectivity index (χ0n) is 11.2.